The molecule has 0 heterocycles. The van der Waals surface area contributed by atoms with Crippen LogP contribution in [0.1, 0.15) is 41.0 Å². The summed E-state index contributed by atoms with van der Waals surface area (Å²) in [6.45, 7) is 10.2. The molecule has 15 heavy (non-hydrogen) atoms. The molecule has 0 rings (SSSR count). The lowest BCUT2D eigenvalue weighted by atomic mass is 10.5. The third-order valence-electron chi connectivity index (χ3n) is 1.47. The number of ether oxygens (including phenoxy) is 1. The van der Waals surface area contributed by atoms with Crippen LogP contribution >= 0.6 is 0 Å². The number of hydrogen-bond donors (Lipinski definition) is 1. The topological polar surface area (TPSA) is 47.9 Å². The van der Waals surface area contributed by atoms with Gasteiger partial charge in [0.2, 0.25) is 0 Å². The fourth-order valence-electron chi connectivity index (χ4n) is 1.18. The zero-order chi connectivity index (χ0) is 11.9. The molecule has 0 radical (unpaired) electrons. The van der Waals surface area contributed by atoms with Crippen LogP contribution in [0.15, 0.2) is 0 Å². The van der Waals surface area contributed by atoms with Gasteiger partial charge >= 0.3 is 8.80 Å². The van der Waals surface area contributed by atoms with Crippen molar-refractivity contribution in [3.63, 3.8) is 0 Å². The second-order valence-corrected chi connectivity index (χ2v) is 6.28. The molecule has 0 fully saturated rings. The van der Waals surface area contributed by atoms with Crippen molar-refractivity contribution < 1.29 is 18.4 Å². The molecular weight excluding hydrogens is 212 g/mol. The SMILES string of the molecule is CCCOC[Si](O)(OC(C)C)OC(C)C. The van der Waals surface area contributed by atoms with Gasteiger partial charge in [0.15, 0.2) is 0 Å². The molecule has 0 saturated heterocycles. The van der Waals surface area contributed by atoms with Gasteiger partial charge in [0.25, 0.3) is 0 Å². The summed E-state index contributed by atoms with van der Waals surface area (Å²) in [6, 6.07) is 0. The van der Waals surface area contributed by atoms with E-state index in [4.69, 9.17) is 13.6 Å². The lowest BCUT2D eigenvalue weighted by molar-refractivity contribution is 0.0147. The van der Waals surface area contributed by atoms with E-state index in [-0.39, 0.29) is 18.4 Å². The third-order valence-corrected chi connectivity index (χ3v) is 3.72. The minimum absolute atomic E-state index is 0.0503. The summed E-state index contributed by atoms with van der Waals surface area (Å²) in [4.78, 5) is 10.1. The van der Waals surface area contributed by atoms with Gasteiger partial charge in [-0.15, -0.1) is 0 Å². The molecule has 0 aromatic rings. The van der Waals surface area contributed by atoms with Crippen molar-refractivity contribution in [1.29, 1.82) is 0 Å². The minimum Gasteiger partial charge on any atom is -0.388 e. The van der Waals surface area contributed by atoms with Gasteiger partial charge in [-0.25, -0.2) is 0 Å². The zero-order valence-corrected chi connectivity index (χ0v) is 11.4. The van der Waals surface area contributed by atoms with Crippen LogP contribution in [0.4, 0.5) is 0 Å². The first-order valence-electron chi connectivity index (χ1n) is 5.55. The largest absolute Gasteiger partial charge is 0.525 e. The van der Waals surface area contributed by atoms with Crippen molar-refractivity contribution in [2.24, 2.45) is 0 Å². The van der Waals surface area contributed by atoms with Crippen LogP contribution in [0.25, 0.3) is 0 Å². The normalized spacial score (nSPS) is 12.8. The molecule has 0 aliphatic rings. The molecule has 1 N–H and O–H groups in total. The highest BCUT2D eigenvalue weighted by atomic mass is 28.4. The predicted molar refractivity (Wildman–Crippen MR) is 61.5 cm³/mol. The molecule has 0 unspecified atom stereocenters. The average molecular weight is 236 g/mol. The van der Waals surface area contributed by atoms with Gasteiger partial charge in [-0.1, -0.05) is 6.92 Å². The third kappa shape index (κ3) is 7.93. The first-order chi connectivity index (χ1) is 6.89. The molecule has 5 heteroatoms. The molecule has 0 amide bonds. The van der Waals surface area contributed by atoms with Gasteiger partial charge in [0.1, 0.15) is 6.23 Å². The minimum atomic E-state index is -3.14. The quantitative estimate of drug-likeness (QED) is 0.515. The maximum Gasteiger partial charge on any atom is 0.525 e. The van der Waals surface area contributed by atoms with Crippen molar-refractivity contribution in [2.75, 3.05) is 12.8 Å². The highest BCUT2D eigenvalue weighted by Crippen LogP contribution is 2.10. The van der Waals surface area contributed by atoms with Crippen molar-refractivity contribution in [2.45, 2.75) is 53.2 Å². The molecule has 0 aliphatic heterocycles. The lowest BCUT2D eigenvalue weighted by Gasteiger charge is -2.27. The van der Waals surface area contributed by atoms with Crippen LogP contribution in [-0.2, 0) is 13.6 Å². The fourth-order valence-corrected chi connectivity index (χ4v) is 3.25. The Morgan fingerprint density at radius 1 is 1.07 bits per heavy atom. The van der Waals surface area contributed by atoms with Crippen LogP contribution in [0.3, 0.4) is 0 Å². The standard InChI is InChI=1S/C10H24O4Si/c1-6-7-12-8-15(11,13-9(2)3)14-10(4)5/h9-11H,6-8H2,1-5H3. The van der Waals surface area contributed by atoms with E-state index in [1.54, 1.807) is 0 Å². The number of rotatable bonds is 8. The van der Waals surface area contributed by atoms with Gasteiger partial charge < -0.3 is 18.4 Å². The van der Waals surface area contributed by atoms with Crippen LogP contribution in [0, 0.1) is 0 Å². The Labute approximate surface area is 93.9 Å². The highest BCUT2D eigenvalue weighted by molar-refractivity contribution is 6.59. The number of hydrogen-bond acceptors (Lipinski definition) is 4. The summed E-state index contributed by atoms with van der Waals surface area (Å²) in [5, 5.41) is 0. The first kappa shape index (κ1) is 15.1. The Morgan fingerprint density at radius 3 is 1.87 bits per heavy atom. The molecule has 0 spiro atoms. The van der Waals surface area contributed by atoms with E-state index in [1.165, 1.54) is 0 Å². The fraction of sp³-hybridized carbons (Fsp3) is 1.00. The summed E-state index contributed by atoms with van der Waals surface area (Å²) in [7, 11) is -3.14. The Kier molecular flexibility index (Phi) is 7.38. The lowest BCUT2D eigenvalue weighted by Crippen LogP contribution is -2.51. The maximum atomic E-state index is 10.1. The van der Waals surface area contributed by atoms with Crippen LogP contribution in [0.2, 0.25) is 0 Å². The molecule has 4 nitrogen and oxygen atoms in total. The van der Waals surface area contributed by atoms with E-state index in [9.17, 15) is 4.80 Å². The zero-order valence-electron chi connectivity index (χ0n) is 10.4. The summed E-state index contributed by atoms with van der Waals surface area (Å²) in [5.41, 5.74) is 0. The first-order valence-corrected chi connectivity index (χ1v) is 7.52. The Bertz CT molecular complexity index is 152. The monoisotopic (exact) mass is 236 g/mol. The van der Waals surface area contributed by atoms with Crippen LogP contribution < -0.4 is 0 Å². The van der Waals surface area contributed by atoms with E-state index < -0.39 is 8.80 Å². The molecule has 0 aromatic heterocycles. The molecular formula is C10H24O4Si. The summed E-state index contributed by atoms with van der Waals surface area (Å²) >= 11 is 0. The summed E-state index contributed by atoms with van der Waals surface area (Å²) in [6.07, 6.45) is 1.00. The summed E-state index contributed by atoms with van der Waals surface area (Å²) in [5.74, 6) is 0. The van der Waals surface area contributed by atoms with Crippen LogP contribution in [-0.4, -0.2) is 38.6 Å². The van der Waals surface area contributed by atoms with Crippen molar-refractivity contribution in [1.82, 2.24) is 0 Å². The molecule has 0 aromatic carbocycles. The molecule has 0 saturated carbocycles. The van der Waals surface area contributed by atoms with Crippen LogP contribution in [0.5, 0.6) is 0 Å². The van der Waals surface area contributed by atoms with Gasteiger partial charge in [0, 0.05) is 18.8 Å². The van der Waals surface area contributed by atoms with Gasteiger partial charge in [0.05, 0.1) is 0 Å². The van der Waals surface area contributed by atoms with Crippen molar-refractivity contribution in [3.8, 4) is 0 Å². The van der Waals surface area contributed by atoms with E-state index in [1.807, 2.05) is 34.6 Å². The van der Waals surface area contributed by atoms with Gasteiger partial charge in [-0.05, 0) is 34.1 Å². The van der Waals surface area contributed by atoms with Gasteiger partial charge in [-0.3, -0.25) is 0 Å². The Balaban J connectivity index is 4.14. The second kappa shape index (κ2) is 7.35. The second-order valence-electron chi connectivity index (χ2n) is 4.10. The molecule has 0 bridgehead atoms. The maximum absolute atomic E-state index is 10.1. The van der Waals surface area contributed by atoms with Gasteiger partial charge in [-0.2, -0.15) is 0 Å². The smallest absolute Gasteiger partial charge is 0.388 e. The van der Waals surface area contributed by atoms with E-state index in [0.717, 1.165) is 6.42 Å². The van der Waals surface area contributed by atoms with Crippen molar-refractivity contribution >= 4 is 8.80 Å². The molecule has 0 aliphatic carbocycles. The molecule has 0 atom stereocenters. The average Bonchev–Trinajstić information content (AvgIpc) is 2.00. The van der Waals surface area contributed by atoms with E-state index in [0.29, 0.717) is 6.61 Å². The molecule has 92 valence electrons. The van der Waals surface area contributed by atoms with Crippen molar-refractivity contribution in [3.05, 3.63) is 0 Å². The van der Waals surface area contributed by atoms with E-state index in [2.05, 4.69) is 0 Å². The Morgan fingerprint density at radius 2 is 1.53 bits per heavy atom. The highest BCUT2D eigenvalue weighted by Gasteiger charge is 2.39. The summed E-state index contributed by atoms with van der Waals surface area (Å²) < 4.78 is 16.2. The van der Waals surface area contributed by atoms with E-state index >= 15 is 0 Å². The Hall–Kier alpha value is 0.0569. The predicted octanol–water partition coefficient (Wildman–Crippen LogP) is 1.73.